The van der Waals surface area contributed by atoms with E-state index in [0.29, 0.717) is 5.69 Å². The number of rotatable bonds is 3. The molecule has 2 N–H and O–H groups in total. The molecule has 0 bridgehead atoms. The van der Waals surface area contributed by atoms with Crippen molar-refractivity contribution in [1.82, 2.24) is 9.78 Å². The number of anilines is 1. The summed E-state index contributed by atoms with van der Waals surface area (Å²) in [7, 11) is 1.69. The molecule has 0 saturated heterocycles. The zero-order chi connectivity index (χ0) is 14.9. The van der Waals surface area contributed by atoms with Gasteiger partial charge in [-0.25, -0.2) is 13.6 Å². The average Bonchev–Trinajstić information content (AvgIpc) is 2.69. The lowest BCUT2D eigenvalue weighted by Crippen LogP contribution is -2.11. The van der Waals surface area contributed by atoms with Gasteiger partial charge in [-0.15, -0.1) is 0 Å². The van der Waals surface area contributed by atoms with E-state index in [0.717, 1.165) is 17.8 Å². The van der Waals surface area contributed by atoms with Crippen molar-refractivity contribution in [2.75, 3.05) is 5.73 Å². The van der Waals surface area contributed by atoms with Gasteiger partial charge in [0.2, 0.25) is 0 Å². The summed E-state index contributed by atoms with van der Waals surface area (Å²) in [5, 5.41) is 4.08. The third kappa shape index (κ3) is 2.76. The third-order valence-electron chi connectivity index (χ3n) is 2.76. The molecule has 0 saturated carbocycles. The highest BCUT2D eigenvalue weighted by molar-refractivity contribution is 5.90. The number of hydrogen-bond acceptors (Lipinski definition) is 4. The fourth-order valence-electron chi connectivity index (χ4n) is 1.74. The number of hydrogen-bond donors (Lipinski definition) is 1. The summed E-state index contributed by atoms with van der Waals surface area (Å²) >= 11 is 0. The number of carbonyl (C=O) groups is 1. The Hall–Kier alpha value is -2.44. The summed E-state index contributed by atoms with van der Waals surface area (Å²) in [6.07, 6.45) is 0. The zero-order valence-corrected chi connectivity index (χ0v) is 11.0. The molecule has 0 aliphatic heterocycles. The van der Waals surface area contributed by atoms with Gasteiger partial charge in [-0.05, 0) is 19.1 Å². The Morgan fingerprint density at radius 3 is 2.65 bits per heavy atom. The maximum Gasteiger partial charge on any atom is 0.341 e. The van der Waals surface area contributed by atoms with E-state index in [4.69, 9.17) is 10.5 Å². The number of nitrogens with two attached hydrogens (primary N) is 1. The van der Waals surface area contributed by atoms with Gasteiger partial charge in [0.15, 0.2) is 0 Å². The van der Waals surface area contributed by atoms with Crippen LogP contribution in [0.25, 0.3) is 0 Å². The van der Waals surface area contributed by atoms with Crippen LogP contribution in [0.15, 0.2) is 18.2 Å². The number of nitrogen functional groups attached to an aromatic ring is 1. The van der Waals surface area contributed by atoms with Gasteiger partial charge in [-0.1, -0.05) is 0 Å². The SMILES string of the molecule is Cc1cc(COC(=O)c2cc(F)c(N)cc2F)n(C)n1. The van der Waals surface area contributed by atoms with Crippen molar-refractivity contribution in [2.45, 2.75) is 13.5 Å². The zero-order valence-electron chi connectivity index (χ0n) is 11.0. The van der Waals surface area contributed by atoms with Crippen LogP contribution in [0, 0.1) is 18.6 Å². The number of aromatic nitrogens is 2. The van der Waals surface area contributed by atoms with Crippen LogP contribution >= 0.6 is 0 Å². The summed E-state index contributed by atoms with van der Waals surface area (Å²) in [6, 6.07) is 3.20. The highest BCUT2D eigenvalue weighted by Gasteiger charge is 2.17. The van der Waals surface area contributed by atoms with E-state index in [9.17, 15) is 13.6 Å². The van der Waals surface area contributed by atoms with Gasteiger partial charge < -0.3 is 10.5 Å². The van der Waals surface area contributed by atoms with Crippen LogP contribution in [0.2, 0.25) is 0 Å². The monoisotopic (exact) mass is 281 g/mol. The molecule has 1 aromatic carbocycles. The molecule has 0 fully saturated rings. The van der Waals surface area contributed by atoms with Gasteiger partial charge in [0.25, 0.3) is 0 Å². The topological polar surface area (TPSA) is 70.1 Å². The van der Waals surface area contributed by atoms with Crippen LogP contribution in [0.4, 0.5) is 14.5 Å². The van der Waals surface area contributed by atoms with Crippen LogP contribution < -0.4 is 5.73 Å². The molecule has 2 rings (SSSR count). The van der Waals surface area contributed by atoms with E-state index in [1.165, 1.54) is 0 Å². The van der Waals surface area contributed by atoms with Crippen molar-refractivity contribution in [3.05, 3.63) is 46.8 Å². The van der Waals surface area contributed by atoms with Gasteiger partial charge in [0, 0.05) is 13.1 Å². The fraction of sp³-hybridized carbons (Fsp3) is 0.231. The predicted octanol–water partition coefficient (Wildman–Crippen LogP) is 1.95. The first-order valence-electron chi connectivity index (χ1n) is 5.79. The lowest BCUT2D eigenvalue weighted by molar-refractivity contribution is 0.0457. The quantitative estimate of drug-likeness (QED) is 0.689. The van der Waals surface area contributed by atoms with Gasteiger partial charge in [-0.2, -0.15) is 5.10 Å². The Labute approximate surface area is 114 Å². The summed E-state index contributed by atoms with van der Waals surface area (Å²) < 4.78 is 33.2. The lowest BCUT2D eigenvalue weighted by atomic mass is 10.2. The minimum absolute atomic E-state index is 0.0817. The minimum Gasteiger partial charge on any atom is -0.456 e. The Kier molecular flexibility index (Phi) is 3.69. The van der Waals surface area contributed by atoms with E-state index in [1.807, 2.05) is 0 Å². The highest BCUT2D eigenvalue weighted by Crippen LogP contribution is 2.18. The first-order valence-corrected chi connectivity index (χ1v) is 5.79. The molecule has 0 amide bonds. The molecule has 20 heavy (non-hydrogen) atoms. The highest BCUT2D eigenvalue weighted by atomic mass is 19.1. The first kappa shape index (κ1) is 14.0. The van der Waals surface area contributed by atoms with Crippen LogP contribution in [-0.2, 0) is 18.4 Å². The largest absolute Gasteiger partial charge is 0.456 e. The number of carbonyl (C=O) groups excluding carboxylic acids is 1. The van der Waals surface area contributed by atoms with Crippen molar-refractivity contribution < 1.29 is 18.3 Å². The maximum absolute atomic E-state index is 13.5. The smallest absolute Gasteiger partial charge is 0.341 e. The lowest BCUT2D eigenvalue weighted by Gasteiger charge is -2.07. The van der Waals surface area contributed by atoms with Gasteiger partial charge in [0.05, 0.1) is 22.6 Å². The second kappa shape index (κ2) is 5.28. The van der Waals surface area contributed by atoms with Crippen LogP contribution in [-0.4, -0.2) is 15.7 Å². The van der Waals surface area contributed by atoms with E-state index < -0.39 is 23.2 Å². The Morgan fingerprint density at radius 2 is 2.05 bits per heavy atom. The Morgan fingerprint density at radius 1 is 1.35 bits per heavy atom. The number of aryl methyl sites for hydroxylation is 2. The summed E-state index contributed by atoms with van der Waals surface area (Å²) in [5.41, 5.74) is 5.76. The van der Waals surface area contributed by atoms with Crippen molar-refractivity contribution in [2.24, 2.45) is 7.05 Å². The van der Waals surface area contributed by atoms with E-state index >= 15 is 0 Å². The van der Waals surface area contributed by atoms with E-state index in [1.54, 1.807) is 24.7 Å². The molecule has 1 aromatic heterocycles. The molecule has 0 aliphatic carbocycles. The molecule has 1 heterocycles. The Bertz CT molecular complexity index is 668. The van der Waals surface area contributed by atoms with E-state index in [2.05, 4.69) is 5.10 Å². The van der Waals surface area contributed by atoms with Crippen molar-refractivity contribution >= 4 is 11.7 Å². The number of benzene rings is 1. The van der Waals surface area contributed by atoms with Gasteiger partial charge in [-0.3, -0.25) is 4.68 Å². The maximum atomic E-state index is 13.5. The third-order valence-corrected chi connectivity index (χ3v) is 2.76. The van der Waals surface area contributed by atoms with E-state index in [-0.39, 0.29) is 12.3 Å². The Balaban J connectivity index is 2.13. The normalized spacial score (nSPS) is 10.6. The number of ether oxygens (including phenoxy) is 1. The fourth-order valence-corrected chi connectivity index (χ4v) is 1.74. The first-order chi connectivity index (χ1) is 9.38. The molecule has 0 radical (unpaired) electrons. The standard InChI is InChI=1S/C13H13F2N3O2/c1-7-3-8(18(2)17-7)6-20-13(19)9-4-11(15)12(16)5-10(9)14/h3-5H,6,16H2,1-2H3. The average molecular weight is 281 g/mol. The number of halogens is 2. The summed E-state index contributed by atoms with van der Waals surface area (Å²) in [4.78, 5) is 11.7. The van der Waals surface area contributed by atoms with Crippen molar-refractivity contribution in [1.29, 1.82) is 0 Å². The number of nitrogens with zero attached hydrogens (tertiary/aromatic N) is 2. The molecule has 0 aliphatic rings. The molecular weight excluding hydrogens is 268 g/mol. The van der Waals surface area contributed by atoms with Crippen LogP contribution in [0.5, 0.6) is 0 Å². The summed E-state index contributed by atoms with van der Waals surface area (Å²) in [5.74, 6) is -2.75. The second-order valence-electron chi connectivity index (χ2n) is 4.33. The van der Waals surface area contributed by atoms with Gasteiger partial charge >= 0.3 is 5.97 Å². The number of esters is 1. The van der Waals surface area contributed by atoms with Gasteiger partial charge in [0.1, 0.15) is 18.2 Å². The molecular formula is C13H13F2N3O2. The second-order valence-corrected chi connectivity index (χ2v) is 4.33. The predicted molar refractivity (Wildman–Crippen MR) is 67.8 cm³/mol. The molecule has 7 heteroatoms. The van der Waals surface area contributed by atoms with Crippen molar-refractivity contribution in [3.8, 4) is 0 Å². The summed E-state index contributed by atoms with van der Waals surface area (Å²) in [6.45, 7) is 1.71. The molecule has 2 aromatic rings. The molecule has 5 nitrogen and oxygen atoms in total. The molecule has 0 unspecified atom stereocenters. The van der Waals surface area contributed by atoms with Crippen LogP contribution in [0.3, 0.4) is 0 Å². The molecule has 0 atom stereocenters. The minimum atomic E-state index is -0.958. The van der Waals surface area contributed by atoms with Crippen LogP contribution in [0.1, 0.15) is 21.7 Å². The molecule has 106 valence electrons. The van der Waals surface area contributed by atoms with Crippen molar-refractivity contribution in [3.63, 3.8) is 0 Å². The molecule has 0 spiro atoms.